The molecule has 3 N–H and O–H groups in total. The molecule has 0 spiro atoms. The Bertz CT molecular complexity index is 431. The van der Waals surface area contributed by atoms with Crippen LogP contribution >= 0.6 is 0 Å². The van der Waals surface area contributed by atoms with E-state index in [2.05, 4.69) is 28.5 Å². The lowest BCUT2D eigenvalue weighted by molar-refractivity contribution is 0.328. The lowest BCUT2D eigenvalue weighted by Gasteiger charge is -2.22. The number of aromatic nitrogens is 2. The fourth-order valence-electron chi connectivity index (χ4n) is 3.43. The maximum atomic E-state index is 11.1. The second kappa shape index (κ2) is 4.29. The van der Waals surface area contributed by atoms with Crippen LogP contribution in [0.5, 0.6) is 0 Å². The number of nitrogens with zero attached hydrogens (tertiary/aromatic N) is 1. The molecule has 2 rings (SSSR count). The first-order valence-corrected chi connectivity index (χ1v) is 6.40. The third-order valence-corrected chi connectivity index (χ3v) is 4.23. The summed E-state index contributed by atoms with van der Waals surface area (Å²) in [7, 11) is 0. The first kappa shape index (κ1) is 12.4. The van der Waals surface area contributed by atoms with Crippen molar-refractivity contribution in [1.29, 1.82) is 0 Å². The van der Waals surface area contributed by atoms with Crippen molar-refractivity contribution in [1.82, 2.24) is 10.1 Å². The van der Waals surface area contributed by atoms with Crippen molar-refractivity contribution < 1.29 is 4.52 Å². The largest absolute Gasteiger partial charge is 0.438 e. The zero-order valence-corrected chi connectivity index (χ0v) is 10.6. The summed E-state index contributed by atoms with van der Waals surface area (Å²) in [6.45, 7) is 4.89. The van der Waals surface area contributed by atoms with Gasteiger partial charge in [0.25, 0.3) is 0 Å². The van der Waals surface area contributed by atoms with Crippen LogP contribution in [0.15, 0.2) is 9.32 Å². The molecule has 0 bridgehead atoms. The average Bonchev–Trinajstić information content (AvgIpc) is 2.71. The Morgan fingerprint density at radius 1 is 1.41 bits per heavy atom. The number of hydrogen-bond donors (Lipinski definition) is 2. The number of aromatic amines is 1. The highest BCUT2D eigenvalue weighted by Crippen LogP contribution is 2.68. The summed E-state index contributed by atoms with van der Waals surface area (Å²) in [6, 6.07) is 0. The quantitative estimate of drug-likeness (QED) is 0.788. The minimum Gasteiger partial charge on any atom is -0.329 e. The molecular formula is C12H21N3O2. The predicted molar refractivity (Wildman–Crippen MR) is 64.7 cm³/mol. The van der Waals surface area contributed by atoms with Gasteiger partial charge in [-0.25, -0.2) is 4.79 Å². The fourth-order valence-corrected chi connectivity index (χ4v) is 3.43. The Hall–Kier alpha value is -1.10. The predicted octanol–water partition coefficient (Wildman–Crippen LogP) is 1.55. The van der Waals surface area contributed by atoms with Crippen LogP contribution in [0.25, 0.3) is 0 Å². The van der Waals surface area contributed by atoms with Crippen molar-refractivity contribution in [3.05, 3.63) is 16.4 Å². The van der Waals surface area contributed by atoms with Gasteiger partial charge in [0.05, 0.1) is 5.41 Å². The van der Waals surface area contributed by atoms with E-state index in [1.807, 2.05) is 0 Å². The van der Waals surface area contributed by atoms with E-state index in [-0.39, 0.29) is 10.8 Å². The van der Waals surface area contributed by atoms with E-state index in [1.165, 1.54) is 0 Å². The normalized spacial score (nSPS) is 26.1. The highest BCUT2D eigenvalue weighted by Gasteiger charge is 2.67. The van der Waals surface area contributed by atoms with Gasteiger partial charge in [-0.05, 0) is 24.7 Å². The SMILES string of the molecule is CCCC1(CCC)CC1(CN)c1noc(=O)[nH]1. The van der Waals surface area contributed by atoms with Crippen molar-refractivity contribution in [2.75, 3.05) is 6.54 Å². The summed E-state index contributed by atoms with van der Waals surface area (Å²) < 4.78 is 4.63. The average molecular weight is 239 g/mol. The molecule has 1 heterocycles. The molecule has 1 saturated carbocycles. The summed E-state index contributed by atoms with van der Waals surface area (Å²) >= 11 is 0. The number of H-pyrrole nitrogens is 1. The molecular weight excluding hydrogens is 218 g/mol. The maximum absolute atomic E-state index is 11.1. The molecule has 1 aromatic rings. The highest BCUT2D eigenvalue weighted by molar-refractivity contribution is 5.29. The minimum absolute atomic E-state index is 0.162. The molecule has 0 saturated heterocycles. The molecule has 0 aliphatic heterocycles. The summed E-state index contributed by atoms with van der Waals surface area (Å²) in [5.74, 6) is 0.161. The molecule has 1 unspecified atom stereocenters. The molecule has 1 aliphatic carbocycles. The topological polar surface area (TPSA) is 84.9 Å². The Labute approximate surface area is 101 Å². The zero-order valence-electron chi connectivity index (χ0n) is 10.6. The van der Waals surface area contributed by atoms with Gasteiger partial charge < -0.3 is 5.73 Å². The van der Waals surface area contributed by atoms with Crippen LogP contribution in [0.3, 0.4) is 0 Å². The molecule has 0 amide bonds. The zero-order chi connectivity index (χ0) is 12.5. The van der Waals surface area contributed by atoms with Crippen LogP contribution in [0.2, 0.25) is 0 Å². The molecule has 5 heteroatoms. The molecule has 1 aromatic heterocycles. The van der Waals surface area contributed by atoms with Crippen LogP contribution in [0.4, 0.5) is 0 Å². The van der Waals surface area contributed by atoms with Crippen molar-refractivity contribution in [3.8, 4) is 0 Å². The third-order valence-electron chi connectivity index (χ3n) is 4.23. The second-order valence-electron chi connectivity index (χ2n) is 5.19. The molecule has 1 atom stereocenters. The number of hydrogen-bond acceptors (Lipinski definition) is 4. The van der Waals surface area contributed by atoms with E-state index < -0.39 is 5.76 Å². The lowest BCUT2D eigenvalue weighted by Crippen LogP contribution is -2.29. The monoisotopic (exact) mass is 239 g/mol. The standard InChI is InChI=1S/C12H21N3O2/c1-3-5-11(6-4-2)7-12(11,8-13)9-14-10(16)17-15-9/h3-8,13H2,1-2H3,(H,14,15,16). The number of nitrogens with one attached hydrogen (secondary N) is 1. The summed E-state index contributed by atoms with van der Waals surface area (Å²) in [5.41, 5.74) is 5.99. The van der Waals surface area contributed by atoms with Crippen molar-refractivity contribution in [3.63, 3.8) is 0 Å². The van der Waals surface area contributed by atoms with E-state index in [4.69, 9.17) is 5.73 Å². The van der Waals surface area contributed by atoms with Gasteiger partial charge in [0.15, 0.2) is 5.82 Å². The number of nitrogens with two attached hydrogens (primary N) is 1. The van der Waals surface area contributed by atoms with Gasteiger partial charge in [-0.2, -0.15) is 0 Å². The van der Waals surface area contributed by atoms with E-state index >= 15 is 0 Å². The van der Waals surface area contributed by atoms with Crippen LogP contribution in [-0.4, -0.2) is 16.7 Å². The summed E-state index contributed by atoms with van der Waals surface area (Å²) in [5, 5.41) is 3.86. The molecule has 0 aromatic carbocycles. The van der Waals surface area contributed by atoms with Gasteiger partial charge in [-0.15, -0.1) is 0 Å². The second-order valence-corrected chi connectivity index (χ2v) is 5.19. The Morgan fingerprint density at radius 2 is 2.06 bits per heavy atom. The highest BCUT2D eigenvalue weighted by atomic mass is 16.5. The molecule has 1 aliphatic rings. The molecule has 1 fully saturated rings. The third kappa shape index (κ3) is 1.73. The molecule has 0 radical (unpaired) electrons. The summed E-state index contributed by atoms with van der Waals surface area (Å²) in [6.07, 6.45) is 5.54. The van der Waals surface area contributed by atoms with Crippen molar-refractivity contribution in [2.24, 2.45) is 11.1 Å². The van der Waals surface area contributed by atoms with Gasteiger partial charge in [0, 0.05) is 6.54 Å². The Morgan fingerprint density at radius 3 is 2.47 bits per heavy atom. The smallest absolute Gasteiger partial charge is 0.329 e. The van der Waals surface area contributed by atoms with Crippen LogP contribution in [-0.2, 0) is 5.41 Å². The van der Waals surface area contributed by atoms with Crippen molar-refractivity contribution in [2.45, 2.75) is 51.4 Å². The van der Waals surface area contributed by atoms with E-state index in [0.29, 0.717) is 12.4 Å². The lowest BCUT2D eigenvalue weighted by atomic mass is 9.84. The van der Waals surface area contributed by atoms with Gasteiger partial charge >= 0.3 is 5.76 Å². The van der Waals surface area contributed by atoms with Gasteiger partial charge in [-0.3, -0.25) is 9.51 Å². The first-order chi connectivity index (χ1) is 8.14. The Kier molecular flexibility index (Phi) is 3.12. The van der Waals surface area contributed by atoms with Crippen LogP contribution < -0.4 is 11.5 Å². The molecule has 17 heavy (non-hydrogen) atoms. The first-order valence-electron chi connectivity index (χ1n) is 6.40. The summed E-state index contributed by atoms with van der Waals surface area (Å²) in [4.78, 5) is 13.8. The fraction of sp³-hybridized carbons (Fsp3) is 0.833. The Balaban J connectivity index is 2.31. The van der Waals surface area contributed by atoms with E-state index in [1.54, 1.807) is 0 Å². The van der Waals surface area contributed by atoms with Crippen LogP contribution in [0.1, 0.15) is 51.8 Å². The van der Waals surface area contributed by atoms with Gasteiger partial charge in [0.1, 0.15) is 0 Å². The number of rotatable bonds is 6. The van der Waals surface area contributed by atoms with E-state index in [0.717, 1.165) is 32.1 Å². The molecule has 96 valence electrons. The van der Waals surface area contributed by atoms with Crippen LogP contribution in [0, 0.1) is 5.41 Å². The van der Waals surface area contributed by atoms with E-state index in [9.17, 15) is 4.79 Å². The molecule has 5 nitrogen and oxygen atoms in total. The maximum Gasteiger partial charge on any atom is 0.438 e. The van der Waals surface area contributed by atoms with Crippen molar-refractivity contribution >= 4 is 0 Å². The van der Waals surface area contributed by atoms with Gasteiger partial charge in [-0.1, -0.05) is 31.8 Å². The van der Waals surface area contributed by atoms with Gasteiger partial charge in [0.2, 0.25) is 0 Å². The minimum atomic E-state index is -0.485.